The largest absolute Gasteiger partial charge is 0.338 e. The molecule has 3 fully saturated rings. The predicted octanol–water partition coefficient (Wildman–Crippen LogP) is 3.72. The van der Waals surface area contributed by atoms with E-state index in [2.05, 4.69) is 0 Å². The molecule has 4 rings (SSSR count). The summed E-state index contributed by atoms with van der Waals surface area (Å²) >= 11 is 0. The molecule has 2 atom stereocenters. The number of halogens is 1. The molecular weight excluding hydrogens is 315 g/mol. The van der Waals surface area contributed by atoms with Gasteiger partial charge in [0.2, 0.25) is 5.91 Å². The maximum Gasteiger partial charge on any atom is 0.226 e. The first-order chi connectivity index (χ1) is 12.1. The molecule has 3 aliphatic carbocycles. The van der Waals surface area contributed by atoms with Crippen molar-refractivity contribution in [2.24, 2.45) is 29.4 Å². The molecule has 2 bridgehead atoms. The fourth-order valence-corrected chi connectivity index (χ4v) is 4.90. The summed E-state index contributed by atoms with van der Waals surface area (Å²) in [5, 5.41) is 0. The van der Waals surface area contributed by atoms with Crippen molar-refractivity contribution in [1.82, 2.24) is 4.90 Å². The molecule has 3 saturated carbocycles. The van der Waals surface area contributed by atoms with E-state index in [-0.39, 0.29) is 11.7 Å². The summed E-state index contributed by atoms with van der Waals surface area (Å²) in [6.45, 7) is 1.46. The summed E-state index contributed by atoms with van der Waals surface area (Å²) in [6.07, 6.45) is 8.01. The third-order valence-electron chi connectivity index (χ3n) is 6.54. The first-order valence-electron chi connectivity index (χ1n) is 9.89. The van der Waals surface area contributed by atoms with Crippen LogP contribution in [0.25, 0.3) is 0 Å². The molecule has 2 N–H and O–H groups in total. The molecule has 25 heavy (non-hydrogen) atoms. The Morgan fingerprint density at radius 2 is 1.72 bits per heavy atom. The van der Waals surface area contributed by atoms with Crippen molar-refractivity contribution in [3.05, 3.63) is 35.6 Å². The fourth-order valence-electron chi connectivity index (χ4n) is 4.90. The van der Waals surface area contributed by atoms with E-state index in [0.717, 1.165) is 24.9 Å². The highest BCUT2D eigenvalue weighted by atomic mass is 19.1. The van der Waals surface area contributed by atoms with E-state index in [9.17, 15) is 9.18 Å². The molecule has 0 spiro atoms. The first-order valence-corrected chi connectivity index (χ1v) is 9.89. The van der Waals surface area contributed by atoms with Crippen LogP contribution in [0, 0.1) is 29.5 Å². The molecule has 0 aliphatic heterocycles. The van der Waals surface area contributed by atoms with Gasteiger partial charge in [-0.15, -0.1) is 0 Å². The molecule has 136 valence electrons. The van der Waals surface area contributed by atoms with Crippen LogP contribution >= 0.6 is 0 Å². The van der Waals surface area contributed by atoms with Crippen LogP contribution in [0.15, 0.2) is 24.3 Å². The summed E-state index contributed by atoms with van der Waals surface area (Å²) in [7, 11) is 0. The average Bonchev–Trinajstić information content (AvgIpc) is 3.39. The van der Waals surface area contributed by atoms with Gasteiger partial charge in [-0.05, 0) is 74.0 Å². The number of hydrogen-bond donors (Lipinski definition) is 1. The minimum Gasteiger partial charge on any atom is -0.338 e. The Labute approximate surface area is 149 Å². The Hall–Kier alpha value is -1.42. The van der Waals surface area contributed by atoms with E-state index < -0.39 is 0 Å². The van der Waals surface area contributed by atoms with Gasteiger partial charge < -0.3 is 10.6 Å². The van der Waals surface area contributed by atoms with Crippen molar-refractivity contribution in [2.45, 2.75) is 57.5 Å². The fraction of sp³-hybridized carbons (Fsp3) is 0.667. The van der Waals surface area contributed by atoms with Crippen LogP contribution in [0.2, 0.25) is 0 Å². The highest BCUT2D eigenvalue weighted by molar-refractivity contribution is 5.79. The van der Waals surface area contributed by atoms with Crippen LogP contribution in [0.3, 0.4) is 0 Å². The third kappa shape index (κ3) is 3.89. The lowest BCUT2D eigenvalue weighted by molar-refractivity contribution is -0.139. The van der Waals surface area contributed by atoms with Crippen molar-refractivity contribution < 1.29 is 9.18 Å². The minimum atomic E-state index is -0.224. The molecule has 0 saturated heterocycles. The molecule has 3 aliphatic rings. The maximum atomic E-state index is 13.3. The van der Waals surface area contributed by atoms with Crippen LogP contribution in [-0.4, -0.2) is 23.4 Å². The molecule has 1 amide bonds. The summed E-state index contributed by atoms with van der Waals surface area (Å²) in [4.78, 5) is 15.3. The Kier molecular flexibility index (Phi) is 4.81. The SMILES string of the molecule is NC1C2CCCC1CC(C(=O)N(Cc1ccc(F)cc1)CC1CC1)C2. The van der Waals surface area contributed by atoms with E-state index in [1.54, 1.807) is 12.1 Å². The van der Waals surface area contributed by atoms with Gasteiger partial charge in [-0.1, -0.05) is 18.6 Å². The van der Waals surface area contributed by atoms with E-state index in [0.29, 0.717) is 36.2 Å². The Morgan fingerprint density at radius 3 is 2.32 bits per heavy atom. The number of nitrogens with two attached hydrogens (primary N) is 1. The highest BCUT2D eigenvalue weighted by Crippen LogP contribution is 2.43. The molecule has 3 nitrogen and oxygen atoms in total. The van der Waals surface area contributed by atoms with Gasteiger partial charge in [-0.3, -0.25) is 4.79 Å². The molecule has 4 heteroatoms. The smallest absolute Gasteiger partial charge is 0.226 e. The monoisotopic (exact) mass is 344 g/mol. The van der Waals surface area contributed by atoms with Gasteiger partial charge >= 0.3 is 0 Å². The summed E-state index contributed by atoms with van der Waals surface area (Å²) < 4.78 is 13.2. The van der Waals surface area contributed by atoms with Crippen LogP contribution in [0.5, 0.6) is 0 Å². The Morgan fingerprint density at radius 1 is 1.08 bits per heavy atom. The zero-order chi connectivity index (χ0) is 17.4. The second-order valence-electron chi connectivity index (χ2n) is 8.49. The summed E-state index contributed by atoms with van der Waals surface area (Å²) in [5.74, 6) is 1.92. The average molecular weight is 344 g/mol. The van der Waals surface area contributed by atoms with Gasteiger partial charge in [0.05, 0.1) is 0 Å². The van der Waals surface area contributed by atoms with E-state index in [4.69, 9.17) is 5.73 Å². The van der Waals surface area contributed by atoms with Crippen LogP contribution in [0.4, 0.5) is 4.39 Å². The topological polar surface area (TPSA) is 46.3 Å². The standard InChI is InChI=1S/C21H29FN2O/c22-19-8-6-15(7-9-19)13-24(12-14-4-5-14)21(25)18-10-16-2-1-3-17(11-18)20(16)23/h6-9,14,16-18,20H,1-5,10-13,23H2. The Bertz CT molecular complexity index is 599. The van der Waals surface area contributed by atoms with Crippen LogP contribution in [-0.2, 0) is 11.3 Å². The van der Waals surface area contributed by atoms with Crippen molar-refractivity contribution in [1.29, 1.82) is 0 Å². The molecular formula is C21H29FN2O. The van der Waals surface area contributed by atoms with Crippen molar-refractivity contribution in [3.8, 4) is 0 Å². The summed E-state index contributed by atoms with van der Waals surface area (Å²) in [6, 6.07) is 6.87. The second kappa shape index (κ2) is 7.06. The lowest BCUT2D eigenvalue weighted by Gasteiger charge is -2.44. The normalized spacial score (nSPS) is 31.6. The number of amides is 1. The number of carbonyl (C=O) groups excluding carboxylic acids is 1. The first kappa shape index (κ1) is 17.0. The number of nitrogens with zero attached hydrogens (tertiary/aromatic N) is 1. The van der Waals surface area contributed by atoms with Gasteiger partial charge in [0.1, 0.15) is 5.82 Å². The summed E-state index contributed by atoms with van der Waals surface area (Å²) in [5.41, 5.74) is 7.41. The predicted molar refractivity (Wildman–Crippen MR) is 96.1 cm³/mol. The van der Waals surface area contributed by atoms with Gasteiger partial charge in [0.25, 0.3) is 0 Å². The lowest BCUT2D eigenvalue weighted by atomic mass is 9.65. The molecule has 0 heterocycles. The van der Waals surface area contributed by atoms with Crippen molar-refractivity contribution in [3.63, 3.8) is 0 Å². The number of benzene rings is 1. The van der Waals surface area contributed by atoms with Gasteiger partial charge in [0.15, 0.2) is 0 Å². The zero-order valence-electron chi connectivity index (χ0n) is 14.9. The maximum absolute atomic E-state index is 13.3. The molecule has 0 aromatic heterocycles. The third-order valence-corrected chi connectivity index (χ3v) is 6.54. The quantitative estimate of drug-likeness (QED) is 0.885. The minimum absolute atomic E-state index is 0.134. The van der Waals surface area contributed by atoms with Crippen molar-refractivity contribution in [2.75, 3.05) is 6.54 Å². The molecule has 1 aromatic rings. The molecule has 0 radical (unpaired) electrons. The zero-order valence-corrected chi connectivity index (χ0v) is 14.9. The number of carbonyl (C=O) groups is 1. The van der Waals surface area contributed by atoms with Gasteiger partial charge in [-0.2, -0.15) is 0 Å². The van der Waals surface area contributed by atoms with E-state index in [1.807, 2.05) is 4.90 Å². The van der Waals surface area contributed by atoms with Crippen LogP contribution < -0.4 is 5.73 Å². The number of rotatable bonds is 5. The van der Waals surface area contributed by atoms with E-state index >= 15 is 0 Å². The number of fused-ring (bicyclic) bond motifs is 2. The highest BCUT2D eigenvalue weighted by Gasteiger charge is 2.42. The van der Waals surface area contributed by atoms with E-state index in [1.165, 1.54) is 44.2 Å². The molecule has 2 unspecified atom stereocenters. The van der Waals surface area contributed by atoms with Gasteiger partial charge in [0, 0.05) is 25.0 Å². The second-order valence-corrected chi connectivity index (χ2v) is 8.49. The van der Waals surface area contributed by atoms with Crippen LogP contribution in [0.1, 0.15) is 50.5 Å². The number of hydrogen-bond acceptors (Lipinski definition) is 2. The lowest BCUT2D eigenvalue weighted by Crippen LogP contribution is -2.49. The Balaban J connectivity index is 1.46. The van der Waals surface area contributed by atoms with Gasteiger partial charge in [-0.25, -0.2) is 4.39 Å². The van der Waals surface area contributed by atoms with Crippen molar-refractivity contribution >= 4 is 5.91 Å². The molecule has 1 aromatic carbocycles.